The zero-order chi connectivity index (χ0) is 29.0. The molecule has 2 aromatic heterocycles. The highest BCUT2D eigenvalue weighted by atomic mass is 16.3. The topological polar surface area (TPSA) is 17.0 Å². The number of aromatic nitrogens is 1. The average molecular weight is 414 g/mol. The van der Waals surface area contributed by atoms with Crippen molar-refractivity contribution >= 4 is 21.9 Å². The van der Waals surface area contributed by atoms with E-state index in [0.29, 0.717) is 22.3 Å². The van der Waals surface area contributed by atoms with Crippen LogP contribution in [0.1, 0.15) is 48.3 Å². The van der Waals surface area contributed by atoms with Gasteiger partial charge in [0.15, 0.2) is 6.20 Å². The Hall–Kier alpha value is -3.39. The SMILES string of the molecule is [2H]C([2H])([2H])c1ccc(-c2c(C)ccc3c2oc2cc4c(cc23)-c2ccccc2C4(C([2H])([2H])[2H])C([2H])([2H])[2H])[n+](C)c1. The van der Waals surface area contributed by atoms with Crippen molar-refractivity contribution in [1.82, 2.24) is 0 Å². The summed E-state index contributed by atoms with van der Waals surface area (Å²) >= 11 is 0. The average Bonchev–Trinajstić information content (AvgIpc) is 3.35. The van der Waals surface area contributed by atoms with Crippen molar-refractivity contribution in [2.75, 3.05) is 0 Å². The fraction of sp³-hybridized carbons (Fsp3) is 0.207. The van der Waals surface area contributed by atoms with Crippen molar-refractivity contribution in [2.24, 2.45) is 7.05 Å². The third-order valence-corrected chi connectivity index (χ3v) is 6.40. The Bertz CT molecular complexity index is 1830. The molecule has 2 heterocycles. The van der Waals surface area contributed by atoms with E-state index in [0.717, 1.165) is 27.6 Å². The minimum Gasteiger partial charge on any atom is -0.455 e. The minimum absolute atomic E-state index is 0.200. The highest BCUT2D eigenvalue weighted by Crippen LogP contribution is 2.51. The molecule has 0 fully saturated rings. The lowest BCUT2D eigenvalue weighted by Gasteiger charge is -2.21. The fourth-order valence-corrected chi connectivity index (χ4v) is 4.89. The van der Waals surface area contributed by atoms with E-state index in [9.17, 15) is 0 Å². The monoisotopic (exact) mass is 413 g/mol. The largest absolute Gasteiger partial charge is 0.455 e. The molecule has 0 unspecified atom stereocenters. The number of fused-ring (bicyclic) bond motifs is 6. The van der Waals surface area contributed by atoms with Crippen molar-refractivity contribution in [3.8, 4) is 22.4 Å². The molecule has 1 aliphatic rings. The zero-order valence-corrected chi connectivity index (χ0v) is 17.2. The van der Waals surface area contributed by atoms with Crippen LogP contribution in [-0.4, -0.2) is 0 Å². The summed E-state index contributed by atoms with van der Waals surface area (Å²) in [5, 5.41) is 1.52. The number of pyridine rings is 1. The molecule has 5 aromatic rings. The van der Waals surface area contributed by atoms with Crippen LogP contribution >= 0.6 is 0 Å². The van der Waals surface area contributed by atoms with Crippen molar-refractivity contribution in [3.63, 3.8) is 0 Å². The number of hydrogen-bond donors (Lipinski definition) is 0. The van der Waals surface area contributed by atoms with Crippen LogP contribution in [0.25, 0.3) is 44.3 Å². The van der Waals surface area contributed by atoms with Gasteiger partial charge in [-0.3, -0.25) is 0 Å². The molecule has 0 aliphatic heterocycles. The van der Waals surface area contributed by atoms with E-state index in [4.69, 9.17) is 16.8 Å². The second-order valence-corrected chi connectivity index (χ2v) is 8.34. The zero-order valence-electron chi connectivity index (χ0n) is 26.2. The maximum Gasteiger partial charge on any atom is 0.216 e. The number of aryl methyl sites for hydroxylation is 3. The van der Waals surface area contributed by atoms with Crippen molar-refractivity contribution in [1.29, 1.82) is 0 Å². The molecule has 0 atom stereocenters. The quantitative estimate of drug-likeness (QED) is 0.270. The van der Waals surface area contributed by atoms with Gasteiger partial charge in [-0.2, -0.15) is 0 Å². The molecule has 6 rings (SSSR count). The van der Waals surface area contributed by atoms with Gasteiger partial charge in [-0.15, -0.1) is 0 Å². The summed E-state index contributed by atoms with van der Waals surface area (Å²) in [5.41, 5.74) is 2.97. The third-order valence-electron chi connectivity index (χ3n) is 6.40. The van der Waals surface area contributed by atoms with E-state index in [-0.39, 0.29) is 16.7 Å². The van der Waals surface area contributed by atoms with Gasteiger partial charge in [-0.25, -0.2) is 4.57 Å². The van der Waals surface area contributed by atoms with Crippen molar-refractivity contribution in [3.05, 3.63) is 89.1 Å². The van der Waals surface area contributed by atoms with E-state index in [2.05, 4.69) is 0 Å². The summed E-state index contributed by atoms with van der Waals surface area (Å²) < 4.78 is 82.2. The maximum absolute atomic E-state index is 8.47. The van der Waals surface area contributed by atoms with Crippen LogP contribution in [0.2, 0.25) is 0 Å². The first kappa shape index (κ1) is 11.3. The van der Waals surface area contributed by atoms with Crippen LogP contribution in [0, 0.1) is 13.8 Å². The molecule has 31 heavy (non-hydrogen) atoms. The number of hydrogen-bond acceptors (Lipinski definition) is 1. The molecule has 152 valence electrons. The van der Waals surface area contributed by atoms with Gasteiger partial charge in [0.2, 0.25) is 5.69 Å². The van der Waals surface area contributed by atoms with Gasteiger partial charge < -0.3 is 4.42 Å². The van der Waals surface area contributed by atoms with Crippen LogP contribution in [0.4, 0.5) is 0 Å². The molecule has 2 heteroatoms. The van der Waals surface area contributed by atoms with Crippen LogP contribution in [0.15, 0.2) is 71.3 Å². The summed E-state index contributed by atoms with van der Waals surface area (Å²) in [5.74, 6) is 0. The molecule has 0 radical (unpaired) electrons. The van der Waals surface area contributed by atoms with Crippen LogP contribution in [-0.2, 0) is 12.5 Å². The molecule has 0 N–H and O–H groups in total. The summed E-state index contributed by atoms with van der Waals surface area (Å²) in [4.78, 5) is 0. The molecule has 0 amide bonds. The molecule has 0 spiro atoms. The third kappa shape index (κ3) is 2.42. The van der Waals surface area contributed by atoms with Crippen LogP contribution in [0.5, 0.6) is 0 Å². The lowest BCUT2D eigenvalue weighted by atomic mass is 9.82. The number of nitrogens with zero attached hydrogens (tertiary/aromatic N) is 1. The first-order chi connectivity index (χ1) is 18.6. The molecule has 0 saturated heterocycles. The number of rotatable bonds is 1. The van der Waals surface area contributed by atoms with E-state index in [1.54, 1.807) is 60.3 Å². The molecular formula is C29H26NO+. The Morgan fingerprint density at radius 3 is 2.58 bits per heavy atom. The second kappa shape index (κ2) is 6.07. The van der Waals surface area contributed by atoms with Gasteiger partial charge in [0, 0.05) is 40.2 Å². The molecule has 1 aliphatic carbocycles. The Labute approximate surface area is 195 Å². The smallest absolute Gasteiger partial charge is 0.216 e. The first-order valence-corrected chi connectivity index (χ1v) is 10.2. The fourth-order valence-electron chi connectivity index (χ4n) is 4.89. The van der Waals surface area contributed by atoms with Gasteiger partial charge in [-0.05, 0) is 59.8 Å². The van der Waals surface area contributed by atoms with E-state index in [1.165, 1.54) is 0 Å². The summed E-state index contributed by atoms with van der Waals surface area (Å²) in [6.07, 6.45) is 1.58. The second-order valence-electron chi connectivity index (χ2n) is 8.34. The Kier molecular flexibility index (Phi) is 2.21. The van der Waals surface area contributed by atoms with Crippen molar-refractivity contribution in [2.45, 2.75) is 32.9 Å². The minimum atomic E-state index is -2.86. The highest BCUT2D eigenvalue weighted by molar-refractivity contribution is 6.11. The lowest BCUT2D eigenvalue weighted by molar-refractivity contribution is -0.660. The van der Waals surface area contributed by atoms with Gasteiger partial charge in [0.25, 0.3) is 0 Å². The Balaban J connectivity index is 1.69. The van der Waals surface area contributed by atoms with Gasteiger partial charge in [0.05, 0.1) is 5.56 Å². The summed E-state index contributed by atoms with van der Waals surface area (Å²) in [6.45, 7) is -6.03. The van der Waals surface area contributed by atoms with E-state index < -0.39 is 26.0 Å². The van der Waals surface area contributed by atoms with Crippen LogP contribution < -0.4 is 4.57 Å². The van der Waals surface area contributed by atoms with E-state index in [1.807, 2.05) is 25.1 Å². The maximum atomic E-state index is 8.47. The highest BCUT2D eigenvalue weighted by Gasteiger charge is 2.36. The predicted molar refractivity (Wildman–Crippen MR) is 127 cm³/mol. The normalized spacial score (nSPS) is 19.7. The molecule has 2 nitrogen and oxygen atoms in total. The standard InChI is InChI=1S/C29H26NO/c1-17-10-13-25(30(5)16-17)27-18(2)11-12-20-22-14-21-19-8-6-7-9-23(19)29(3,4)24(21)15-26(22)31-28(20)27/h6-16H,1-5H3/q+1/i1D3,3D3,4D3. The number of furan rings is 1. The molecule has 3 aromatic carbocycles. The van der Waals surface area contributed by atoms with Gasteiger partial charge in [-0.1, -0.05) is 50.1 Å². The summed E-state index contributed by atoms with van der Waals surface area (Å²) in [7, 11) is 1.78. The first-order valence-electron chi connectivity index (χ1n) is 14.7. The Morgan fingerprint density at radius 2 is 1.77 bits per heavy atom. The van der Waals surface area contributed by atoms with Crippen molar-refractivity contribution < 1.29 is 21.3 Å². The summed E-state index contributed by atoms with van der Waals surface area (Å²) in [6, 6.07) is 17.5. The molecule has 0 bridgehead atoms. The molecular weight excluding hydrogens is 378 g/mol. The number of benzene rings is 3. The van der Waals surface area contributed by atoms with Gasteiger partial charge in [0.1, 0.15) is 18.2 Å². The molecule has 0 saturated carbocycles. The predicted octanol–water partition coefficient (Wildman–Crippen LogP) is 7.00. The van der Waals surface area contributed by atoms with Crippen LogP contribution in [0.3, 0.4) is 0 Å². The lowest BCUT2D eigenvalue weighted by Crippen LogP contribution is -2.31. The Morgan fingerprint density at radius 1 is 0.903 bits per heavy atom. The van der Waals surface area contributed by atoms with Gasteiger partial charge >= 0.3 is 0 Å². The van der Waals surface area contributed by atoms with E-state index >= 15 is 0 Å².